The van der Waals surface area contributed by atoms with Crippen LogP contribution in [-0.2, 0) is 10.3 Å². The van der Waals surface area contributed by atoms with E-state index in [4.69, 9.17) is 5.11 Å². The highest BCUT2D eigenvalue weighted by molar-refractivity contribution is 9.10. The second-order valence-electron chi connectivity index (χ2n) is 3.31. The SMILES string of the molecule is CN[C@@](C)(C(=O)O)c1ccc(F)c(Br)c1. The van der Waals surface area contributed by atoms with Crippen molar-refractivity contribution in [1.82, 2.24) is 5.32 Å². The van der Waals surface area contributed by atoms with Crippen molar-refractivity contribution in [3.63, 3.8) is 0 Å². The highest BCUT2D eigenvalue weighted by Gasteiger charge is 2.33. The van der Waals surface area contributed by atoms with Gasteiger partial charge in [0, 0.05) is 0 Å². The zero-order valence-electron chi connectivity index (χ0n) is 8.34. The van der Waals surface area contributed by atoms with Crippen LogP contribution in [0.1, 0.15) is 12.5 Å². The fourth-order valence-electron chi connectivity index (χ4n) is 1.18. The number of aliphatic carboxylic acids is 1. The summed E-state index contributed by atoms with van der Waals surface area (Å²) in [5.74, 6) is -1.42. The van der Waals surface area contributed by atoms with Crippen molar-refractivity contribution in [3.8, 4) is 0 Å². The van der Waals surface area contributed by atoms with E-state index in [1.54, 1.807) is 7.05 Å². The molecule has 0 amide bonds. The van der Waals surface area contributed by atoms with E-state index < -0.39 is 17.3 Å². The second-order valence-corrected chi connectivity index (χ2v) is 4.16. The third kappa shape index (κ3) is 2.18. The molecule has 5 heteroatoms. The van der Waals surface area contributed by atoms with E-state index >= 15 is 0 Å². The topological polar surface area (TPSA) is 49.3 Å². The van der Waals surface area contributed by atoms with Crippen molar-refractivity contribution in [2.45, 2.75) is 12.5 Å². The van der Waals surface area contributed by atoms with Crippen LogP contribution in [0.15, 0.2) is 22.7 Å². The minimum Gasteiger partial charge on any atom is -0.480 e. The summed E-state index contributed by atoms with van der Waals surface area (Å²) in [5, 5.41) is 11.8. The first-order valence-corrected chi connectivity index (χ1v) is 5.09. The molecular formula is C10H11BrFNO2. The number of hydrogen-bond acceptors (Lipinski definition) is 2. The van der Waals surface area contributed by atoms with Crippen molar-refractivity contribution in [2.75, 3.05) is 7.05 Å². The van der Waals surface area contributed by atoms with Crippen molar-refractivity contribution in [3.05, 3.63) is 34.1 Å². The highest BCUT2D eigenvalue weighted by atomic mass is 79.9. The maximum Gasteiger partial charge on any atom is 0.328 e. The number of likely N-dealkylation sites (N-methyl/N-ethyl adjacent to an activating group) is 1. The van der Waals surface area contributed by atoms with Crippen LogP contribution in [0, 0.1) is 5.82 Å². The predicted octanol–water partition coefficient (Wildman–Crippen LogP) is 2.11. The molecule has 0 radical (unpaired) electrons. The zero-order valence-corrected chi connectivity index (χ0v) is 9.93. The Kier molecular flexibility index (Phi) is 3.46. The number of rotatable bonds is 3. The molecule has 82 valence electrons. The van der Waals surface area contributed by atoms with E-state index in [2.05, 4.69) is 21.2 Å². The lowest BCUT2D eigenvalue weighted by molar-refractivity contribution is -0.144. The van der Waals surface area contributed by atoms with Gasteiger partial charge < -0.3 is 10.4 Å². The average molecular weight is 276 g/mol. The molecule has 1 aromatic carbocycles. The first-order chi connectivity index (χ1) is 6.91. The molecule has 0 fully saturated rings. The van der Waals surface area contributed by atoms with Gasteiger partial charge in [-0.15, -0.1) is 0 Å². The summed E-state index contributed by atoms with van der Waals surface area (Å²) in [5.41, 5.74) is -0.721. The predicted molar refractivity (Wildman–Crippen MR) is 58.1 cm³/mol. The van der Waals surface area contributed by atoms with Crippen LogP contribution in [0.25, 0.3) is 0 Å². The first kappa shape index (κ1) is 12.1. The average Bonchev–Trinajstić information content (AvgIpc) is 2.20. The number of nitrogens with one attached hydrogen (secondary N) is 1. The third-order valence-electron chi connectivity index (χ3n) is 2.42. The molecule has 0 aliphatic carbocycles. The fourth-order valence-corrected chi connectivity index (χ4v) is 1.56. The smallest absolute Gasteiger partial charge is 0.328 e. The fraction of sp³-hybridized carbons (Fsp3) is 0.300. The summed E-state index contributed by atoms with van der Waals surface area (Å²) in [6, 6.07) is 4.14. The minimum atomic E-state index is -1.21. The van der Waals surface area contributed by atoms with E-state index in [1.807, 2.05) is 0 Å². The van der Waals surface area contributed by atoms with Crippen LogP contribution in [-0.4, -0.2) is 18.1 Å². The molecule has 1 aromatic rings. The van der Waals surface area contributed by atoms with Gasteiger partial charge in [0.25, 0.3) is 0 Å². The standard InChI is InChI=1S/C10H11BrFNO2/c1-10(13-2,9(14)15)6-3-4-8(12)7(11)5-6/h3-5,13H,1-2H3,(H,14,15)/t10-/m1/s1. The number of benzene rings is 1. The second kappa shape index (κ2) is 4.28. The van der Waals surface area contributed by atoms with E-state index in [0.717, 1.165) is 0 Å². The molecule has 0 aromatic heterocycles. The first-order valence-electron chi connectivity index (χ1n) is 4.29. The van der Waals surface area contributed by atoms with E-state index in [-0.39, 0.29) is 4.47 Å². The van der Waals surface area contributed by atoms with Gasteiger partial charge in [-0.05, 0) is 47.6 Å². The number of halogens is 2. The monoisotopic (exact) mass is 275 g/mol. The molecule has 0 bridgehead atoms. The molecule has 1 rings (SSSR count). The number of carboxylic acids is 1. The van der Waals surface area contributed by atoms with Crippen LogP contribution in [0.3, 0.4) is 0 Å². The van der Waals surface area contributed by atoms with Gasteiger partial charge >= 0.3 is 5.97 Å². The number of carbonyl (C=O) groups is 1. The maximum atomic E-state index is 13.0. The summed E-state index contributed by atoms with van der Waals surface area (Å²) in [7, 11) is 1.55. The highest BCUT2D eigenvalue weighted by Crippen LogP contribution is 2.25. The Morgan fingerprint density at radius 2 is 2.20 bits per heavy atom. The van der Waals surface area contributed by atoms with E-state index in [1.165, 1.54) is 25.1 Å². The summed E-state index contributed by atoms with van der Waals surface area (Å²) in [4.78, 5) is 11.1. The van der Waals surface area contributed by atoms with Crippen LogP contribution in [0.5, 0.6) is 0 Å². The molecule has 2 N–H and O–H groups in total. The van der Waals surface area contributed by atoms with Crippen molar-refractivity contribution < 1.29 is 14.3 Å². The van der Waals surface area contributed by atoms with Crippen molar-refractivity contribution in [2.24, 2.45) is 0 Å². The molecule has 0 unspecified atom stereocenters. The zero-order chi connectivity index (χ0) is 11.6. The van der Waals surface area contributed by atoms with Gasteiger partial charge in [0.05, 0.1) is 4.47 Å². The lowest BCUT2D eigenvalue weighted by atomic mass is 9.92. The van der Waals surface area contributed by atoms with Crippen molar-refractivity contribution >= 4 is 21.9 Å². The summed E-state index contributed by atoms with van der Waals surface area (Å²) in [6.07, 6.45) is 0. The molecule has 1 atom stereocenters. The van der Waals surface area contributed by atoms with Gasteiger partial charge in [0.15, 0.2) is 0 Å². The van der Waals surface area contributed by atoms with Gasteiger partial charge in [-0.25, -0.2) is 9.18 Å². The van der Waals surface area contributed by atoms with Crippen LogP contribution < -0.4 is 5.32 Å². The molecule has 0 aliphatic rings. The Hall–Kier alpha value is -0.940. The maximum absolute atomic E-state index is 13.0. The summed E-state index contributed by atoms with van der Waals surface area (Å²) in [6.45, 7) is 1.52. The molecular weight excluding hydrogens is 265 g/mol. The Morgan fingerprint density at radius 1 is 1.60 bits per heavy atom. The summed E-state index contributed by atoms with van der Waals surface area (Å²) >= 11 is 3.02. The molecule has 0 saturated heterocycles. The summed E-state index contributed by atoms with van der Waals surface area (Å²) < 4.78 is 13.2. The van der Waals surface area contributed by atoms with Gasteiger partial charge in [0.2, 0.25) is 0 Å². The molecule has 0 saturated carbocycles. The molecule has 0 aliphatic heterocycles. The Balaban J connectivity index is 3.25. The van der Waals surface area contributed by atoms with Gasteiger partial charge in [0.1, 0.15) is 11.4 Å². The van der Waals surface area contributed by atoms with Crippen LogP contribution in [0.2, 0.25) is 0 Å². The lowest BCUT2D eigenvalue weighted by Gasteiger charge is -2.24. The van der Waals surface area contributed by atoms with Gasteiger partial charge in [-0.2, -0.15) is 0 Å². The molecule has 0 spiro atoms. The molecule has 0 heterocycles. The van der Waals surface area contributed by atoms with Crippen molar-refractivity contribution in [1.29, 1.82) is 0 Å². The third-order valence-corrected chi connectivity index (χ3v) is 3.03. The van der Waals surface area contributed by atoms with E-state index in [0.29, 0.717) is 5.56 Å². The molecule has 15 heavy (non-hydrogen) atoms. The van der Waals surface area contributed by atoms with E-state index in [9.17, 15) is 9.18 Å². The largest absolute Gasteiger partial charge is 0.480 e. The molecule has 3 nitrogen and oxygen atoms in total. The Labute approximate surface area is 95.4 Å². The quantitative estimate of drug-likeness (QED) is 0.889. The minimum absolute atomic E-state index is 0.253. The number of carboxylic acid groups (broad SMARTS) is 1. The van der Waals surface area contributed by atoms with Crippen LogP contribution in [0.4, 0.5) is 4.39 Å². The van der Waals surface area contributed by atoms with Crippen LogP contribution >= 0.6 is 15.9 Å². The number of hydrogen-bond donors (Lipinski definition) is 2. The Bertz CT molecular complexity index is 397. The normalized spacial score (nSPS) is 14.7. The van der Waals surface area contributed by atoms with Gasteiger partial charge in [-0.1, -0.05) is 6.07 Å². The Morgan fingerprint density at radius 3 is 2.60 bits per heavy atom. The lowest BCUT2D eigenvalue weighted by Crippen LogP contribution is -2.44. The van der Waals surface area contributed by atoms with Gasteiger partial charge in [-0.3, -0.25) is 0 Å².